The van der Waals surface area contributed by atoms with Crippen LogP contribution in [0.25, 0.3) is 22.6 Å². The fraction of sp³-hybridized carbons (Fsp3) is 0.333. The zero-order valence-corrected chi connectivity index (χ0v) is 21.1. The van der Waals surface area contributed by atoms with E-state index in [9.17, 15) is 27.5 Å². The summed E-state index contributed by atoms with van der Waals surface area (Å²) in [5, 5.41) is 13.0. The molecule has 1 saturated carbocycles. The molecule has 0 bridgehead atoms. The van der Waals surface area contributed by atoms with Crippen LogP contribution in [0, 0.1) is 18.7 Å². The second-order valence-electron chi connectivity index (χ2n) is 9.70. The zero-order chi connectivity index (χ0) is 27.9. The number of imidazole rings is 1. The first-order valence-corrected chi connectivity index (χ1v) is 12.4. The Hall–Kier alpha value is -4.22. The maximum atomic E-state index is 14.6. The van der Waals surface area contributed by atoms with Gasteiger partial charge in [0.1, 0.15) is 11.3 Å². The molecule has 0 spiro atoms. The molecule has 0 unspecified atom stereocenters. The van der Waals surface area contributed by atoms with Gasteiger partial charge in [-0.15, -0.1) is 13.2 Å². The number of hydrogen-bond donors (Lipinski definition) is 2. The van der Waals surface area contributed by atoms with Crippen LogP contribution in [0.1, 0.15) is 47.9 Å². The number of alkyl halides is 3. The third-order valence-electron chi connectivity index (χ3n) is 6.85. The Kier molecular flexibility index (Phi) is 6.87. The number of rotatable bonds is 8. The summed E-state index contributed by atoms with van der Waals surface area (Å²) >= 11 is 0. The van der Waals surface area contributed by atoms with Crippen LogP contribution in [0.3, 0.4) is 0 Å². The van der Waals surface area contributed by atoms with E-state index in [1.807, 2.05) is 38.1 Å². The number of aryl methyl sites for hydroxylation is 1. The first-order valence-electron chi connectivity index (χ1n) is 12.4. The summed E-state index contributed by atoms with van der Waals surface area (Å²) in [7, 11) is 0. The third-order valence-corrected chi connectivity index (χ3v) is 6.85. The topological polar surface area (TPSA) is 102 Å². The largest absolute Gasteiger partial charge is 0.573 e. The molecular weight excluding hydrogens is 518 g/mol. The summed E-state index contributed by atoms with van der Waals surface area (Å²) in [5.41, 5.74) is 2.49. The lowest BCUT2D eigenvalue weighted by Gasteiger charge is -2.32. The number of fused-ring (bicyclic) bond motifs is 1. The van der Waals surface area contributed by atoms with Crippen LogP contribution in [0.2, 0.25) is 0 Å². The molecule has 2 heterocycles. The fourth-order valence-corrected chi connectivity index (χ4v) is 4.70. The summed E-state index contributed by atoms with van der Waals surface area (Å²) in [6, 6.07) is 10.6. The number of carboxylic acids is 1. The Morgan fingerprint density at radius 1 is 1.18 bits per heavy atom. The van der Waals surface area contributed by atoms with E-state index in [1.54, 1.807) is 4.57 Å². The van der Waals surface area contributed by atoms with Crippen molar-refractivity contribution >= 4 is 23.0 Å². The summed E-state index contributed by atoms with van der Waals surface area (Å²) in [6.07, 6.45) is -1.84. The smallest absolute Gasteiger partial charge is 0.475 e. The number of nitrogens with one attached hydrogen (secondary N) is 1. The SMILES string of the molecule is Cc1cccc(-c2nc3nc(C(=O)O)nc(N[C@H](C)C4CCC4)c3n2Cc2ccc(OC(F)(F)F)c(F)c2)c1. The van der Waals surface area contributed by atoms with Crippen LogP contribution >= 0.6 is 0 Å². The normalized spacial score (nSPS) is 14.7. The van der Waals surface area contributed by atoms with Crippen molar-refractivity contribution in [3.63, 3.8) is 0 Å². The Bertz CT molecular complexity index is 1550. The van der Waals surface area contributed by atoms with Gasteiger partial charge in [-0.2, -0.15) is 0 Å². The maximum absolute atomic E-state index is 14.6. The maximum Gasteiger partial charge on any atom is 0.573 e. The number of ether oxygens (including phenoxy) is 1. The third kappa shape index (κ3) is 5.64. The zero-order valence-electron chi connectivity index (χ0n) is 21.1. The predicted molar refractivity (Wildman–Crippen MR) is 135 cm³/mol. The molecule has 204 valence electrons. The highest BCUT2D eigenvalue weighted by Gasteiger charge is 2.32. The average Bonchev–Trinajstić information content (AvgIpc) is 3.17. The van der Waals surface area contributed by atoms with Crippen molar-refractivity contribution in [3.8, 4) is 17.1 Å². The van der Waals surface area contributed by atoms with Crippen molar-refractivity contribution in [2.75, 3.05) is 5.32 Å². The monoisotopic (exact) mass is 543 g/mol. The lowest BCUT2D eigenvalue weighted by atomic mass is 9.80. The van der Waals surface area contributed by atoms with E-state index in [2.05, 4.69) is 25.0 Å². The molecule has 2 N–H and O–H groups in total. The first-order chi connectivity index (χ1) is 18.5. The van der Waals surface area contributed by atoms with Crippen molar-refractivity contribution in [1.82, 2.24) is 19.5 Å². The van der Waals surface area contributed by atoms with Gasteiger partial charge in [0.05, 0.1) is 0 Å². The van der Waals surface area contributed by atoms with Gasteiger partial charge < -0.3 is 19.7 Å². The fourth-order valence-electron chi connectivity index (χ4n) is 4.70. The quantitative estimate of drug-likeness (QED) is 0.256. The second-order valence-corrected chi connectivity index (χ2v) is 9.70. The van der Waals surface area contributed by atoms with E-state index in [0.717, 1.165) is 37.0 Å². The van der Waals surface area contributed by atoms with Gasteiger partial charge in [0, 0.05) is 18.2 Å². The molecule has 4 aromatic rings. The van der Waals surface area contributed by atoms with Gasteiger partial charge in [-0.3, -0.25) is 0 Å². The number of hydrogen-bond acceptors (Lipinski definition) is 6. The number of carbonyl (C=O) groups is 1. The van der Waals surface area contributed by atoms with Gasteiger partial charge in [0.15, 0.2) is 23.0 Å². The molecule has 2 aromatic heterocycles. The van der Waals surface area contributed by atoms with Crippen LogP contribution in [-0.2, 0) is 6.54 Å². The molecule has 1 atom stereocenters. The summed E-state index contributed by atoms with van der Waals surface area (Å²) in [6.45, 7) is 3.89. The number of anilines is 1. The van der Waals surface area contributed by atoms with Crippen molar-refractivity contribution in [2.45, 2.75) is 52.1 Å². The van der Waals surface area contributed by atoms with Crippen LogP contribution in [0.15, 0.2) is 42.5 Å². The molecule has 1 fully saturated rings. The highest BCUT2D eigenvalue weighted by Crippen LogP contribution is 2.34. The van der Waals surface area contributed by atoms with E-state index in [4.69, 9.17) is 0 Å². The molecule has 12 heteroatoms. The van der Waals surface area contributed by atoms with Crippen LogP contribution in [-0.4, -0.2) is 43.0 Å². The number of aromatic carboxylic acids is 1. The molecule has 0 aliphatic heterocycles. The average molecular weight is 544 g/mol. The molecular formula is C27H25F4N5O3. The van der Waals surface area contributed by atoms with Gasteiger partial charge in [-0.25, -0.2) is 24.1 Å². The number of halogens is 4. The number of carboxylic acid groups (broad SMARTS) is 1. The van der Waals surface area contributed by atoms with Crippen LogP contribution in [0.4, 0.5) is 23.4 Å². The lowest BCUT2D eigenvalue weighted by molar-refractivity contribution is -0.275. The summed E-state index contributed by atoms with van der Waals surface area (Å²) < 4.78 is 58.0. The highest BCUT2D eigenvalue weighted by atomic mass is 19.4. The Labute approximate surface area is 220 Å². The Morgan fingerprint density at radius 3 is 2.56 bits per heavy atom. The molecule has 5 rings (SSSR count). The minimum absolute atomic E-state index is 0.00867. The van der Waals surface area contributed by atoms with Crippen LogP contribution < -0.4 is 10.1 Å². The van der Waals surface area contributed by atoms with E-state index < -0.39 is 29.7 Å². The number of benzene rings is 2. The van der Waals surface area contributed by atoms with E-state index in [-0.39, 0.29) is 24.1 Å². The van der Waals surface area contributed by atoms with Crippen molar-refractivity contribution < 1.29 is 32.2 Å². The molecule has 1 aliphatic rings. The van der Waals surface area contributed by atoms with Gasteiger partial charge in [0.2, 0.25) is 5.82 Å². The molecule has 39 heavy (non-hydrogen) atoms. The minimum Gasteiger partial charge on any atom is -0.475 e. The molecule has 1 aliphatic carbocycles. The molecule has 2 aromatic carbocycles. The van der Waals surface area contributed by atoms with E-state index in [1.165, 1.54) is 6.07 Å². The second kappa shape index (κ2) is 10.2. The van der Waals surface area contributed by atoms with E-state index >= 15 is 0 Å². The van der Waals surface area contributed by atoms with Gasteiger partial charge in [0.25, 0.3) is 0 Å². The highest BCUT2D eigenvalue weighted by molar-refractivity contribution is 5.92. The number of nitrogens with zero attached hydrogens (tertiary/aromatic N) is 4. The van der Waals surface area contributed by atoms with E-state index in [0.29, 0.717) is 28.4 Å². The minimum atomic E-state index is -5.03. The summed E-state index contributed by atoms with van der Waals surface area (Å²) in [4.78, 5) is 24.9. The van der Waals surface area contributed by atoms with Gasteiger partial charge in [-0.05, 0) is 56.4 Å². The van der Waals surface area contributed by atoms with Gasteiger partial charge in [-0.1, -0.05) is 36.2 Å². The molecule has 0 radical (unpaired) electrons. The van der Waals surface area contributed by atoms with Crippen molar-refractivity contribution in [2.24, 2.45) is 5.92 Å². The Balaban J connectivity index is 1.66. The first kappa shape index (κ1) is 26.4. The lowest BCUT2D eigenvalue weighted by Crippen LogP contribution is -2.31. The molecule has 8 nitrogen and oxygen atoms in total. The summed E-state index contributed by atoms with van der Waals surface area (Å²) in [5.74, 6) is -2.77. The number of aromatic nitrogens is 4. The van der Waals surface area contributed by atoms with Crippen molar-refractivity contribution in [3.05, 3.63) is 65.2 Å². The molecule has 0 saturated heterocycles. The van der Waals surface area contributed by atoms with Crippen LogP contribution in [0.5, 0.6) is 5.75 Å². The van der Waals surface area contributed by atoms with Gasteiger partial charge >= 0.3 is 12.3 Å². The standard InChI is InChI=1S/C27H25F4N5O3/c1-14-5-3-8-18(11-14)25-35-23-21(22(33-24(34-23)26(37)38)32-15(2)17-6-4-7-17)36(25)13-16-9-10-20(19(28)12-16)39-27(29,30)31/h3,5,8-12,15,17H,4,6-7,13H2,1-2H3,(H,37,38)(H,32,33,34)/t15-/m1/s1. The van der Waals surface area contributed by atoms with Crippen molar-refractivity contribution in [1.29, 1.82) is 0 Å². The molecule has 0 amide bonds. The Morgan fingerprint density at radius 2 is 1.95 bits per heavy atom. The predicted octanol–water partition coefficient (Wildman–Crippen LogP) is 6.19.